The molecule has 2 rings (SSSR count). The molecule has 0 aliphatic heterocycles. The van der Waals surface area contributed by atoms with Gasteiger partial charge in [0.05, 0.1) is 12.2 Å². The van der Waals surface area contributed by atoms with E-state index < -0.39 is 0 Å². The molecule has 0 aliphatic carbocycles. The first-order valence-electron chi connectivity index (χ1n) is 5.91. The average molecular weight is 262 g/mol. The Kier molecular flexibility index (Phi) is 3.85. The van der Waals surface area contributed by atoms with Crippen LogP contribution in [0.15, 0.2) is 34.7 Å². The predicted molar refractivity (Wildman–Crippen MR) is 71.5 cm³/mol. The second kappa shape index (κ2) is 5.56. The second-order valence-corrected chi connectivity index (χ2v) is 4.24. The van der Waals surface area contributed by atoms with Gasteiger partial charge in [-0.2, -0.15) is 0 Å². The van der Waals surface area contributed by atoms with Crippen LogP contribution in [0.3, 0.4) is 0 Å². The Morgan fingerprint density at radius 1 is 1.32 bits per heavy atom. The van der Waals surface area contributed by atoms with Crippen molar-refractivity contribution in [3.05, 3.63) is 47.7 Å². The fourth-order valence-corrected chi connectivity index (χ4v) is 1.70. The van der Waals surface area contributed by atoms with Crippen molar-refractivity contribution < 1.29 is 13.6 Å². The Balaban J connectivity index is 2.08. The third kappa shape index (κ3) is 3.58. The molecule has 0 fully saturated rings. The summed E-state index contributed by atoms with van der Waals surface area (Å²) in [4.78, 5) is 11.0. The molecule has 4 nitrogen and oxygen atoms in total. The maximum atomic E-state index is 13.6. The summed E-state index contributed by atoms with van der Waals surface area (Å²) < 4.78 is 19.0. The van der Waals surface area contributed by atoms with E-state index in [0.29, 0.717) is 17.9 Å². The molecule has 100 valence electrons. The van der Waals surface area contributed by atoms with Crippen molar-refractivity contribution in [3.63, 3.8) is 0 Å². The lowest BCUT2D eigenvalue weighted by atomic mass is 10.2. The third-order valence-corrected chi connectivity index (χ3v) is 2.54. The molecule has 0 saturated heterocycles. The molecule has 0 bridgehead atoms. The van der Waals surface area contributed by atoms with E-state index in [9.17, 15) is 9.18 Å². The van der Waals surface area contributed by atoms with E-state index in [1.165, 1.54) is 19.1 Å². The van der Waals surface area contributed by atoms with Crippen molar-refractivity contribution in [2.75, 3.05) is 10.6 Å². The zero-order chi connectivity index (χ0) is 13.8. The van der Waals surface area contributed by atoms with Crippen molar-refractivity contribution >= 4 is 17.3 Å². The van der Waals surface area contributed by atoms with E-state index >= 15 is 0 Å². The number of anilines is 2. The zero-order valence-corrected chi connectivity index (χ0v) is 10.8. The second-order valence-electron chi connectivity index (χ2n) is 4.24. The summed E-state index contributed by atoms with van der Waals surface area (Å²) in [5.74, 6) is 0.961. The van der Waals surface area contributed by atoms with Crippen molar-refractivity contribution in [1.29, 1.82) is 0 Å². The van der Waals surface area contributed by atoms with Crippen LogP contribution in [0.4, 0.5) is 15.8 Å². The molecule has 1 aromatic carbocycles. The molecule has 0 aliphatic rings. The minimum Gasteiger partial charge on any atom is -0.465 e. The van der Waals surface area contributed by atoms with Crippen LogP contribution >= 0.6 is 0 Å². The molecule has 0 atom stereocenters. The topological polar surface area (TPSA) is 54.3 Å². The zero-order valence-electron chi connectivity index (χ0n) is 10.8. The maximum Gasteiger partial charge on any atom is 0.221 e. The summed E-state index contributed by atoms with van der Waals surface area (Å²) in [7, 11) is 0. The van der Waals surface area contributed by atoms with E-state index in [-0.39, 0.29) is 11.7 Å². The Labute approximate surface area is 110 Å². The minimum absolute atomic E-state index is 0.195. The smallest absolute Gasteiger partial charge is 0.221 e. The molecular weight excluding hydrogens is 247 g/mol. The standard InChI is InChI=1S/C14H15FN2O2/c1-9-3-5-12(19-9)8-16-14-7-11(17-10(2)18)4-6-13(14)15/h3-7,16H,8H2,1-2H3,(H,17,18). The number of carbonyl (C=O) groups is 1. The Morgan fingerprint density at radius 2 is 2.11 bits per heavy atom. The molecule has 1 amide bonds. The first-order chi connectivity index (χ1) is 9.04. The molecule has 0 radical (unpaired) electrons. The summed E-state index contributed by atoms with van der Waals surface area (Å²) in [5.41, 5.74) is 0.868. The summed E-state index contributed by atoms with van der Waals surface area (Å²) in [5, 5.41) is 5.54. The summed E-state index contributed by atoms with van der Waals surface area (Å²) in [6.07, 6.45) is 0. The molecule has 5 heteroatoms. The molecule has 2 aromatic rings. The molecule has 19 heavy (non-hydrogen) atoms. The van der Waals surface area contributed by atoms with Gasteiger partial charge >= 0.3 is 0 Å². The highest BCUT2D eigenvalue weighted by atomic mass is 19.1. The van der Waals surface area contributed by atoms with E-state index in [2.05, 4.69) is 10.6 Å². The Bertz CT molecular complexity index is 593. The van der Waals surface area contributed by atoms with Gasteiger partial charge in [0.1, 0.15) is 17.3 Å². The highest BCUT2D eigenvalue weighted by Gasteiger charge is 2.05. The van der Waals surface area contributed by atoms with E-state index in [1.54, 1.807) is 6.07 Å². The molecular formula is C14H15FN2O2. The number of benzene rings is 1. The Hall–Kier alpha value is -2.30. The molecule has 1 heterocycles. The number of halogens is 1. The van der Waals surface area contributed by atoms with Gasteiger partial charge in [-0.15, -0.1) is 0 Å². The normalized spacial score (nSPS) is 10.3. The van der Waals surface area contributed by atoms with Crippen molar-refractivity contribution in [1.82, 2.24) is 0 Å². The van der Waals surface area contributed by atoms with Crippen LogP contribution in [0.1, 0.15) is 18.4 Å². The number of rotatable bonds is 4. The van der Waals surface area contributed by atoms with Crippen LogP contribution in [0.2, 0.25) is 0 Å². The van der Waals surface area contributed by atoms with Gasteiger partial charge in [-0.25, -0.2) is 4.39 Å². The summed E-state index contributed by atoms with van der Waals surface area (Å²) in [6.45, 7) is 3.64. The summed E-state index contributed by atoms with van der Waals surface area (Å²) >= 11 is 0. The maximum absolute atomic E-state index is 13.6. The van der Waals surface area contributed by atoms with Crippen molar-refractivity contribution in [3.8, 4) is 0 Å². The van der Waals surface area contributed by atoms with Gasteiger partial charge in [0.2, 0.25) is 5.91 Å². The van der Waals surface area contributed by atoms with Crippen LogP contribution in [0, 0.1) is 12.7 Å². The fraction of sp³-hybridized carbons (Fsp3) is 0.214. The first kappa shape index (κ1) is 13.1. The SMILES string of the molecule is CC(=O)Nc1ccc(F)c(NCc2ccc(C)o2)c1. The van der Waals surface area contributed by atoms with Gasteiger partial charge < -0.3 is 15.1 Å². The van der Waals surface area contributed by atoms with Gasteiger partial charge in [0.25, 0.3) is 0 Å². The Morgan fingerprint density at radius 3 is 2.74 bits per heavy atom. The summed E-state index contributed by atoms with van der Waals surface area (Å²) in [6, 6.07) is 8.05. The van der Waals surface area contributed by atoms with Crippen LogP contribution < -0.4 is 10.6 Å². The monoisotopic (exact) mass is 262 g/mol. The van der Waals surface area contributed by atoms with Crippen molar-refractivity contribution in [2.24, 2.45) is 0 Å². The lowest BCUT2D eigenvalue weighted by Gasteiger charge is -2.09. The number of hydrogen-bond donors (Lipinski definition) is 2. The lowest BCUT2D eigenvalue weighted by molar-refractivity contribution is -0.114. The number of carbonyl (C=O) groups excluding carboxylic acids is 1. The quantitative estimate of drug-likeness (QED) is 0.888. The van der Waals surface area contributed by atoms with Crippen LogP contribution in [-0.2, 0) is 11.3 Å². The number of amides is 1. The van der Waals surface area contributed by atoms with E-state index in [4.69, 9.17) is 4.42 Å². The number of furan rings is 1. The van der Waals surface area contributed by atoms with Gasteiger partial charge in [-0.1, -0.05) is 0 Å². The van der Waals surface area contributed by atoms with E-state index in [0.717, 1.165) is 11.5 Å². The first-order valence-corrected chi connectivity index (χ1v) is 5.91. The third-order valence-electron chi connectivity index (χ3n) is 2.54. The molecule has 2 N–H and O–H groups in total. The lowest BCUT2D eigenvalue weighted by Crippen LogP contribution is -2.07. The number of hydrogen-bond acceptors (Lipinski definition) is 3. The number of aryl methyl sites for hydroxylation is 1. The minimum atomic E-state index is -0.377. The molecule has 0 unspecified atom stereocenters. The largest absolute Gasteiger partial charge is 0.465 e. The van der Waals surface area contributed by atoms with Crippen molar-refractivity contribution in [2.45, 2.75) is 20.4 Å². The number of nitrogens with one attached hydrogen (secondary N) is 2. The van der Waals surface area contributed by atoms with Gasteiger partial charge in [0, 0.05) is 12.6 Å². The highest BCUT2D eigenvalue weighted by Crippen LogP contribution is 2.20. The molecule has 0 spiro atoms. The molecule has 0 saturated carbocycles. The average Bonchev–Trinajstić information content (AvgIpc) is 2.75. The van der Waals surface area contributed by atoms with Gasteiger partial charge in [-0.3, -0.25) is 4.79 Å². The van der Waals surface area contributed by atoms with Crippen LogP contribution in [0.5, 0.6) is 0 Å². The molecule has 1 aromatic heterocycles. The fourth-order valence-electron chi connectivity index (χ4n) is 1.70. The van der Waals surface area contributed by atoms with E-state index in [1.807, 2.05) is 19.1 Å². The van der Waals surface area contributed by atoms with Gasteiger partial charge in [0.15, 0.2) is 0 Å². The predicted octanol–water partition coefficient (Wildman–Crippen LogP) is 3.30. The van der Waals surface area contributed by atoms with Crippen LogP contribution in [0.25, 0.3) is 0 Å². The highest BCUT2D eigenvalue weighted by molar-refractivity contribution is 5.89. The van der Waals surface area contributed by atoms with Gasteiger partial charge in [-0.05, 0) is 37.3 Å². The van der Waals surface area contributed by atoms with Crippen LogP contribution in [-0.4, -0.2) is 5.91 Å².